The van der Waals surface area contributed by atoms with Gasteiger partial charge >= 0.3 is 0 Å². The van der Waals surface area contributed by atoms with E-state index in [1.807, 2.05) is 0 Å². The summed E-state index contributed by atoms with van der Waals surface area (Å²) in [5, 5.41) is 13.9. The Balaban J connectivity index is 4.30. The summed E-state index contributed by atoms with van der Waals surface area (Å²) in [6.07, 6.45) is 0. The molecule has 9 heteroatoms. The van der Waals surface area contributed by atoms with E-state index < -0.39 is 0 Å². The molecule has 0 atom stereocenters. The number of rotatable bonds is 2. The number of guanidine groups is 2. The Hall–Kier alpha value is -2.00. The van der Waals surface area contributed by atoms with E-state index in [9.17, 15) is 0 Å². The first-order valence-corrected chi connectivity index (χ1v) is 3.08. The van der Waals surface area contributed by atoms with Gasteiger partial charge in [-0.1, -0.05) is 6.58 Å². The van der Waals surface area contributed by atoms with Crippen molar-refractivity contribution in [1.29, 1.82) is 0 Å². The Bertz CT molecular complexity index is 232. The summed E-state index contributed by atoms with van der Waals surface area (Å²) in [6.45, 7) is 3.32. The van der Waals surface area contributed by atoms with Crippen LogP contribution < -0.4 is 33.6 Å². The van der Waals surface area contributed by atoms with Crippen molar-refractivity contribution in [3.63, 3.8) is 0 Å². The van der Waals surface area contributed by atoms with Crippen LogP contribution in [0.3, 0.4) is 0 Å². The molecule has 0 saturated heterocycles. The van der Waals surface area contributed by atoms with E-state index in [-0.39, 0.29) is 17.7 Å². The van der Waals surface area contributed by atoms with Crippen molar-refractivity contribution in [3.8, 4) is 0 Å². The van der Waals surface area contributed by atoms with Gasteiger partial charge in [-0.3, -0.25) is 16.1 Å². The van der Waals surface area contributed by atoms with Gasteiger partial charge < -0.3 is 16.9 Å². The van der Waals surface area contributed by atoms with E-state index >= 15 is 0 Å². The summed E-state index contributed by atoms with van der Waals surface area (Å²) in [6, 6.07) is 0. The van der Waals surface area contributed by atoms with Crippen LogP contribution in [-0.2, 0) is 0 Å². The first-order valence-electron chi connectivity index (χ1n) is 3.08. The Labute approximate surface area is 74.3 Å². The topological polar surface area (TPSA) is 159 Å². The highest BCUT2D eigenvalue weighted by atomic mass is 16.5. The number of nitrogens with one attached hydrogen (secondary N) is 3. The number of hydrogen-bond acceptors (Lipinski definition) is 5. The van der Waals surface area contributed by atoms with Crippen LogP contribution in [0.2, 0.25) is 0 Å². The number of hydrazone groups is 1. The summed E-state index contributed by atoms with van der Waals surface area (Å²) in [5.74, 6) is 9.72. The van der Waals surface area contributed by atoms with Crippen molar-refractivity contribution in [2.24, 2.45) is 27.5 Å². The Morgan fingerprint density at radius 1 is 1.46 bits per heavy atom. The third kappa shape index (κ3) is 4.44. The van der Waals surface area contributed by atoms with Gasteiger partial charge in [0.2, 0.25) is 11.9 Å². The number of nitrogens with two attached hydrogens (primary N) is 3. The molecule has 0 spiro atoms. The largest absolute Gasteiger partial charge is 0.368 e. The molecule has 0 aliphatic heterocycles. The lowest BCUT2D eigenvalue weighted by Gasteiger charge is -2.06. The summed E-state index contributed by atoms with van der Waals surface area (Å²) in [4.78, 5) is 3.56. The molecular weight excluding hydrogens is 176 g/mol. The van der Waals surface area contributed by atoms with Gasteiger partial charge in [0.25, 0.3) is 0 Å². The van der Waals surface area contributed by atoms with Crippen LogP contribution in [0.1, 0.15) is 0 Å². The zero-order valence-corrected chi connectivity index (χ0v) is 6.78. The van der Waals surface area contributed by atoms with Crippen LogP contribution in [-0.4, -0.2) is 17.1 Å². The van der Waals surface area contributed by atoms with Crippen molar-refractivity contribution in [3.05, 3.63) is 12.4 Å². The second kappa shape index (κ2) is 5.62. The fourth-order valence-corrected chi connectivity index (χ4v) is 0.398. The molecule has 0 aromatic heterocycles. The van der Waals surface area contributed by atoms with Gasteiger partial charge in [-0.15, -0.1) is 5.10 Å². The minimum Gasteiger partial charge on any atom is -0.368 e. The van der Waals surface area contributed by atoms with Crippen molar-refractivity contribution in [2.75, 3.05) is 0 Å². The third-order valence-corrected chi connectivity index (χ3v) is 0.894. The predicted molar refractivity (Wildman–Crippen MR) is 47.8 cm³/mol. The van der Waals surface area contributed by atoms with Crippen LogP contribution in [0.5, 0.6) is 0 Å². The quantitative estimate of drug-likeness (QED) is 0.105. The zero-order chi connectivity index (χ0) is 10.3. The molecule has 0 heterocycles. The second-order valence-electron chi connectivity index (χ2n) is 1.81. The van der Waals surface area contributed by atoms with Gasteiger partial charge in [-0.25, -0.2) is 5.84 Å². The molecule has 0 fully saturated rings. The first-order chi connectivity index (χ1) is 6.13. The SMILES string of the molecule is C=C(NO)NC(N=C(N)NN)=NN. The molecule has 0 amide bonds. The zero-order valence-electron chi connectivity index (χ0n) is 6.78. The van der Waals surface area contributed by atoms with Gasteiger partial charge in [0.05, 0.1) is 0 Å². The maximum Gasteiger partial charge on any atom is 0.248 e. The van der Waals surface area contributed by atoms with Crippen LogP contribution in [0, 0.1) is 0 Å². The van der Waals surface area contributed by atoms with Crippen molar-refractivity contribution in [1.82, 2.24) is 16.2 Å². The Kier molecular flexibility index (Phi) is 4.76. The predicted octanol–water partition coefficient (Wildman–Crippen LogP) is -2.97. The van der Waals surface area contributed by atoms with Crippen molar-refractivity contribution in [2.45, 2.75) is 0 Å². The van der Waals surface area contributed by atoms with Crippen molar-refractivity contribution >= 4 is 11.9 Å². The lowest BCUT2D eigenvalue weighted by molar-refractivity contribution is 0.196. The molecule has 0 aromatic carbocycles. The summed E-state index contributed by atoms with van der Waals surface area (Å²) >= 11 is 0. The highest BCUT2D eigenvalue weighted by Gasteiger charge is 1.98. The first kappa shape index (κ1) is 11.0. The van der Waals surface area contributed by atoms with E-state index in [2.05, 4.69) is 27.4 Å². The standard InChI is InChI=1S/C4H12N8O/c1-2(12-13)8-4(11-7)9-3(5)10-6/h12-13H,1,6-7H2,(H4,5,8,9,10,11). The fraction of sp³-hybridized carbons (Fsp3) is 0. The van der Waals surface area contributed by atoms with Crippen molar-refractivity contribution < 1.29 is 5.21 Å². The lowest BCUT2D eigenvalue weighted by atomic mass is 10.7. The molecule has 0 aliphatic rings. The molecule has 13 heavy (non-hydrogen) atoms. The number of aliphatic imine (C=N–C) groups is 1. The normalized spacial score (nSPS) is 12.2. The van der Waals surface area contributed by atoms with E-state index in [1.165, 1.54) is 0 Å². The Morgan fingerprint density at radius 3 is 2.46 bits per heavy atom. The van der Waals surface area contributed by atoms with E-state index in [4.69, 9.17) is 22.6 Å². The minimum absolute atomic E-state index is 0.0396. The molecule has 10 N–H and O–H groups in total. The molecule has 0 radical (unpaired) electrons. The van der Waals surface area contributed by atoms with Crippen LogP contribution in [0.4, 0.5) is 0 Å². The molecule has 9 nitrogen and oxygen atoms in total. The van der Waals surface area contributed by atoms with Gasteiger partial charge in [0, 0.05) is 0 Å². The molecule has 0 unspecified atom stereocenters. The van der Waals surface area contributed by atoms with E-state index in [0.717, 1.165) is 0 Å². The highest BCUT2D eigenvalue weighted by molar-refractivity contribution is 5.94. The maximum absolute atomic E-state index is 8.34. The number of nitrogens with zero attached hydrogens (tertiary/aromatic N) is 2. The van der Waals surface area contributed by atoms with Crippen LogP contribution >= 0.6 is 0 Å². The molecule has 0 saturated carbocycles. The summed E-state index contributed by atoms with van der Waals surface area (Å²) in [5.41, 5.74) is 8.97. The molecule has 74 valence electrons. The Morgan fingerprint density at radius 2 is 2.08 bits per heavy atom. The van der Waals surface area contributed by atoms with E-state index in [1.54, 1.807) is 5.48 Å². The monoisotopic (exact) mass is 188 g/mol. The second-order valence-corrected chi connectivity index (χ2v) is 1.81. The molecular formula is C4H12N8O. The fourth-order valence-electron chi connectivity index (χ4n) is 0.398. The lowest BCUT2D eigenvalue weighted by Crippen LogP contribution is -2.39. The summed E-state index contributed by atoms with van der Waals surface area (Å²) < 4.78 is 0. The third-order valence-electron chi connectivity index (χ3n) is 0.894. The molecule has 0 rings (SSSR count). The number of hydroxylamine groups is 1. The van der Waals surface area contributed by atoms with E-state index in [0.29, 0.717) is 0 Å². The number of hydrogen-bond donors (Lipinski definition) is 7. The van der Waals surface area contributed by atoms with Gasteiger partial charge in [-0.05, 0) is 0 Å². The van der Waals surface area contributed by atoms with Gasteiger partial charge in [-0.2, -0.15) is 4.99 Å². The molecule has 0 aliphatic carbocycles. The molecule has 0 aromatic rings. The minimum atomic E-state index is -0.0950. The number of hydrazine groups is 1. The maximum atomic E-state index is 8.34. The highest BCUT2D eigenvalue weighted by Crippen LogP contribution is 1.78. The van der Waals surface area contributed by atoms with Gasteiger partial charge in [0.15, 0.2) is 0 Å². The van der Waals surface area contributed by atoms with Crippen LogP contribution in [0.25, 0.3) is 0 Å². The molecule has 0 bridgehead atoms. The average molecular weight is 188 g/mol. The van der Waals surface area contributed by atoms with Gasteiger partial charge in [0.1, 0.15) is 5.82 Å². The smallest absolute Gasteiger partial charge is 0.248 e. The average Bonchev–Trinajstić information content (AvgIpc) is 2.16. The summed E-state index contributed by atoms with van der Waals surface area (Å²) in [7, 11) is 0. The van der Waals surface area contributed by atoms with Crippen LogP contribution in [0.15, 0.2) is 22.5 Å².